The van der Waals surface area contributed by atoms with Gasteiger partial charge in [0, 0.05) is 0 Å². The van der Waals surface area contributed by atoms with Crippen LogP contribution in [0.5, 0.6) is 5.75 Å². The molecule has 0 saturated heterocycles. The lowest BCUT2D eigenvalue weighted by Gasteiger charge is -2.14. The second kappa shape index (κ2) is 6.31. The predicted molar refractivity (Wildman–Crippen MR) is 84.8 cm³/mol. The Hall–Kier alpha value is -1.80. The molecule has 0 bridgehead atoms. The van der Waals surface area contributed by atoms with Gasteiger partial charge < -0.3 is 9.84 Å². The number of benzene rings is 2. The molecule has 2 nitrogen and oxygen atoms in total. The summed E-state index contributed by atoms with van der Waals surface area (Å²) in [6, 6.07) is 14.1. The van der Waals surface area contributed by atoms with Gasteiger partial charge in [-0.05, 0) is 60.1 Å². The van der Waals surface area contributed by atoms with Crippen LogP contribution in [0.2, 0.25) is 0 Å². The summed E-state index contributed by atoms with van der Waals surface area (Å²) in [7, 11) is 0. The molecule has 2 aromatic rings. The number of ether oxygens (including phenoxy) is 1. The van der Waals surface area contributed by atoms with E-state index in [9.17, 15) is 5.11 Å². The first-order chi connectivity index (χ1) is 10.3. The molecule has 1 unspecified atom stereocenters. The molecule has 1 N–H and O–H groups in total. The fourth-order valence-electron chi connectivity index (χ4n) is 2.92. The van der Waals surface area contributed by atoms with Crippen LogP contribution in [0, 0.1) is 0 Å². The Bertz CT molecular complexity index is 601. The minimum absolute atomic E-state index is 0.559. The van der Waals surface area contributed by atoms with Crippen LogP contribution in [0.15, 0.2) is 42.5 Å². The van der Waals surface area contributed by atoms with E-state index in [2.05, 4.69) is 25.1 Å². The Labute approximate surface area is 126 Å². The molecule has 2 heteroatoms. The Balaban J connectivity index is 1.76. The minimum Gasteiger partial charge on any atom is -0.494 e. The molecule has 0 radical (unpaired) electrons. The molecule has 0 heterocycles. The number of hydrogen-bond acceptors (Lipinski definition) is 2. The van der Waals surface area contributed by atoms with Crippen molar-refractivity contribution in [2.75, 3.05) is 6.61 Å². The van der Waals surface area contributed by atoms with Gasteiger partial charge in [0.05, 0.1) is 6.61 Å². The largest absolute Gasteiger partial charge is 0.494 e. The van der Waals surface area contributed by atoms with Gasteiger partial charge in [-0.15, -0.1) is 0 Å². The second-order valence-electron chi connectivity index (χ2n) is 5.70. The summed E-state index contributed by atoms with van der Waals surface area (Å²) in [4.78, 5) is 0. The lowest BCUT2D eigenvalue weighted by atomic mass is 9.98. The smallest absolute Gasteiger partial charge is 0.119 e. The summed E-state index contributed by atoms with van der Waals surface area (Å²) >= 11 is 0. The number of aliphatic hydroxyl groups excluding tert-OH is 1. The number of rotatable bonds is 5. The third kappa shape index (κ3) is 3.11. The van der Waals surface area contributed by atoms with Crippen molar-refractivity contribution in [2.24, 2.45) is 0 Å². The average molecular weight is 282 g/mol. The van der Waals surface area contributed by atoms with Crippen LogP contribution in [0.25, 0.3) is 0 Å². The van der Waals surface area contributed by atoms with Crippen molar-refractivity contribution in [1.82, 2.24) is 0 Å². The van der Waals surface area contributed by atoms with Crippen LogP contribution >= 0.6 is 0 Å². The molecule has 0 saturated carbocycles. The zero-order valence-corrected chi connectivity index (χ0v) is 12.5. The van der Waals surface area contributed by atoms with Crippen LogP contribution in [-0.2, 0) is 12.8 Å². The van der Waals surface area contributed by atoms with Gasteiger partial charge in [-0.2, -0.15) is 0 Å². The first-order valence-corrected chi connectivity index (χ1v) is 7.80. The SMILES string of the molecule is CCCOc1ccc(C(O)c2ccc3c(c2)CCC3)cc1. The molecule has 0 aliphatic heterocycles. The van der Waals surface area contributed by atoms with Crippen LogP contribution in [-0.4, -0.2) is 11.7 Å². The summed E-state index contributed by atoms with van der Waals surface area (Å²) in [6.45, 7) is 2.82. The second-order valence-corrected chi connectivity index (χ2v) is 5.70. The van der Waals surface area contributed by atoms with E-state index in [-0.39, 0.29) is 0 Å². The molecule has 2 aromatic carbocycles. The van der Waals surface area contributed by atoms with Crippen molar-refractivity contribution < 1.29 is 9.84 Å². The predicted octanol–water partition coefficient (Wildman–Crippen LogP) is 4.05. The van der Waals surface area contributed by atoms with Crippen molar-refractivity contribution in [3.63, 3.8) is 0 Å². The molecule has 110 valence electrons. The Morgan fingerprint density at radius 1 is 1.00 bits per heavy atom. The topological polar surface area (TPSA) is 29.5 Å². The zero-order valence-electron chi connectivity index (χ0n) is 12.5. The van der Waals surface area contributed by atoms with Gasteiger partial charge in [0.15, 0.2) is 0 Å². The quantitative estimate of drug-likeness (QED) is 0.896. The van der Waals surface area contributed by atoms with E-state index in [1.807, 2.05) is 24.3 Å². The van der Waals surface area contributed by atoms with Gasteiger partial charge in [-0.3, -0.25) is 0 Å². The van der Waals surface area contributed by atoms with Crippen LogP contribution in [0.1, 0.15) is 48.1 Å². The highest BCUT2D eigenvalue weighted by molar-refractivity contribution is 5.40. The summed E-state index contributed by atoms with van der Waals surface area (Å²) in [6.07, 6.45) is 3.99. The molecule has 21 heavy (non-hydrogen) atoms. The maximum Gasteiger partial charge on any atom is 0.119 e. The molecular weight excluding hydrogens is 260 g/mol. The monoisotopic (exact) mass is 282 g/mol. The normalized spacial score (nSPS) is 14.8. The van der Waals surface area contributed by atoms with Gasteiger partial charge in [0.2, 0.25) is 0 Å². The molecule has 0 amide bonds. The summed E-state index contributed by atoms with van der Waals surface area (Å²) < 4.78 is 5.57. The lowest BCUT2D eigenvalue weighted by molar-refractivity contribution is 0.220. The van der Waals surface area contributed by atoms with E-state index in [0.29, 0.717) is 0 Å². The van der Waals surface area contributed by atoms with Crippen LogP contribution in [0.3, 0.4) is 0 Å². The third-order valence-corrected chi connectivity index (χ3v) is 4.11. The number of aryl methyl sites for hydroxylation is 2. The van der Waals surface area contributed by atoms with Gasteiger partial charge >= 0.3 is 0 Å². The first-order valence-electron chi connectivity index (χ1n) is 7.80. The molecule has 1 atom stereocenters. The van der Waals surface area contributed by atoms with Gasteiger partial charge in [-0.1, -0.05) is 37.3 Å². The maximum absolute atomic E-state index is 10.5. The van der Waals surface area contributed by atoms with Gasteiger partial charge in [0.1, 0.15) is 11.9 Å². The summed E-state index contributed by atoms with van der Waals surface area (Å²) in [5.74, 6) is 0.863. The van der Waals surface area contributed by atoms with E-state index in [0.717, 1.165) is 36.3 Å². The maximum atomic E-state index is 10.5. The van der Waals surface area contributed by atoms with E-state index in [4.69, 9.17) is 4.74 Å². The Morgan fingerprint density at radius 3 is 2.48 bits per heavy atom. The zero-order chi connectivity index (χ0) is 14.7. The minimum atomic E-state index is -0.559. The van der Waals surface area contributed by atoms with Gasteiger partial charge in [0.25, 0.3) is 0 Å². The Kier molecular flexibility index (Phi) is 4.26. The number of aliphatic hydroxyl groups is 1. The molecule has 0 aromatic heterocycles. The molecule has 3 rings (SSSR count). The average Bonchev–Trinajstić information content (AvgIpc) is 3.00. The van der Waals surface area contributed by atoms with Crippen molar-refractivity contribution in [2.45, 2.75) is 38.7 Å². The fraction of sp³-hybridized carbons (Fsp3) is 0.368. The molecule has 0 fully saturated rings. The van der Waals surface area contributed by atoms with E-state index < -0.39 is 6.10 Å². The number of fused-ring (bicyclic) bond motifs is 1. The van der Waals surface area contributed by atoms with E-state index >= 15 is 0 Å². The third-order valence-electron chi connectivity index (χ3n) is 4.11. The molecule has 1 aliphatic carbocycles. The van der Waals surface area contributed by atoms with Crippen molar-refractivity contribution >= 4 is 0 Å². The standard InChI is InChI=1S/C19H22O2/c1-2-12-21-18-10-8-15(9-11-18)19(20)17-7-6-14-4-3-5-16(14)13-17/h6-11,13,19-20H,2-5,12H2,1H3. The van der Waals surface area contributed by atoms with E-state index in [1.54, 1.807) is 0 Å². The first kappa shape index (κ1) is 14.2. The molecular formula is C19H22O2. The van der Waals surface area contributed by atoms with E-state index in [1.165, 1.54) is 24.0 Å². The fourth-order valence-corrected chi connectivity index (χ4v) is 2.92. The van der Waals surface area contributed by atoms with Crippen molar-refractivity contribution in [1.29, 1.82) is 0 Å². The highest BCUT2D eigenvalue weighted by Gasteiger charge is 2.15. The van der Waals surface area contributed by atoms with Crippen LogP contribution < -0.4 is 4.74 Å². The Morgan fingerprint density at radius 2 is 1.71 bits per heavy atom. The summed E-state index contributed by atoms with van der Waals surface area (Å²) in [5, 5.41) is 10.5. The van der Waals surface area contributed by atoms with Crippen LogP contribution in [0.4, 0.5) is 0 Å². The number of hydrogen-bond donors (Lipinski definition) is 1. The van der Waals surface area contributed by atoms with Gasteiger partial charge in [-0.25, -0.2) is 0 Å². The molecule has 0 spiro atoms. The highest BCUT2D eigenvalue weighted by Crippen LogP contribution is 2.29. The lowest BCUT2D eigenvalue weighted by Crippen LogP contribution is -2.01. The van der Waals surface area contributed by atoms with Crippen molar-refractivity contribution in [3.05, 3.63) is 64.7 Å². The summed E-state index contributed by atoms with van der Waals surface area (Å²) in [5.41, 5.74) is 4.73. The molecule has 1 aliphatic rings. The highest BCUT2D eigenvalue weighted by atomic mass is 16.5. The van der Waals surface area contributed by atoms with Crippen molar-refractivity contribution in [3.8, 4) is 5.75 Å².